The molecule has 5 heteroatoms. The molecule has 1 atom stereocenters. The predicted octanol–water partition coefficient (Wildman–Crippen LogP) is 6.72. The lowest BCUT2D eigenvalue weighted by molar-refractivity contribution is 0.484. The Hall–Kier alpha value is -2.43. The first-order chi connectivity index (χ1) is 14.3. The molecule has 154 valence electrons. The van der Waals surface area contributed by atoms with Gasteiger partial charge in [0.1, 0.15) is 10.6 Å². The van der Waals surface area contributed by atoms with Crippen LogP contribution in [-0.2, 0) is 14.6 Å². The van der Waals surface area contributed by atoms with E-state index in [9.17, 15) is 12.8 Å². The molecule has 0 N–H and O–H groups in total. The molecule has 2 nitrogen and oxygen atoms in total. The zero-order valence-electron chi connectivity index (χ0n) is 16.6. The molecule has 0 fully saturated rings. The lowest BCUT2D eigenvalue weighted by Gasteiger charge is -2.37. The number of hydrogen-bond donors (Lipinski definition) is 0. The van der Waals surface area contributed by atoms with Crippen LogP contribution in [0.5, 0.6) is 0 Å². The molecule has 0 spiro atoms. The van der Waals surface area contributed by atoms with Gasteiger partial charge in [-0.1, -0.05) is 54.1 Å². The smallest absolute Gasteiger partial charge is 0.188 e. The number of halogens is 2. The average Bonchev–Trinajstić information content (AvgIpc) is 2.76. The van der Waals surface area contributed by atoms with Gasteiger partial charge in [-0.3, -0.25) is 0 Å². The highest BCUT2D eigenvalue weighted by molar-refractivity contribution is 7.92. The monoisotopic (exact) mass is 440 g/mol. The van der Waals surface area contributed by atoms with Gasteiger partial charge in [0.15, 0.2) is 9.84 Å². The minimum atomic E-state index is -3.81. The Morgan fingerprint density at radius 1 is 0.967 bits per heavy atom. The molecule has 0 saturated heterocycles. The Morgan fingerprint density at radius 3 is 2.30 bits per heavy atom. The first-order valence-corrected chi connectivity index (χ1v) is 11.7. The van der Waals surface area contributed by atoms with Crippen molar-refractivity contribution in [3.05, 3.63) is 106 Å². The summed E-state index contributed by atoms with van der Waals surface area (Å²) in [5.41, 5.74) is 3.50. The van der Waals surface area contributed by atoms with Crippen LogP contribution in [0.15, 0.2) is 83.8 Å². The highest BCUT2D eigenvalue weighted by atomic mass is 35.5. The molecule has 0 bridgehead atoms. The van der Waals surface area contributed by atoms with Gasteiger partial charge in [-0.25, -0.2) is 12.8 Å². The third kappa shape index (κ3) is 3.59. The van der Waals surface area contributed by atoms with Crippen molar-refractivity contribution in [2.45, 2.75) is 35.8 Å². The van der Waals surface area contributed by atoms with E-state index in [1.807, 2.05) is 43.3 Å². The second-order valence-electron chi connectivity index (χ2n) is 7.71. The van der Waals surface area contributed by atoms with E-state index in [0.29, 0.717) is 23.4 Å². The van der Waals surface area contributed by atoms with Gasteiger partial charge in [-0.15, -0.1) is 0 Å². The van der Waals surface area contributed by atoms with Crippen molar-refractivity contribution >= 4 is 27.0 Å². The number of aryl methyl sites for hydroxylation is 1. The fourth-order valence-electron chi connectivity index (χ4n) is 4.30. The molecule has 0 radical (unpaired) electrons. The van der Waals surface area contributed by atoms with Crippen molar-refractivity contribution in [1.82, 2.24) is 0 Å². The molecule has 0 heterocycles. The van der Waals surface area contributed by atoms with Crippen LogP contribution in [0.3, 0.4) is 0 Å². The van der Waals surface area contributed by atoms with Crippen LogP contribution in [0.4, 0.5) is 4.39 Å². The van der Waals surface area contributed by atoms with Crippen molar-refractivity contribution in [2.75, 3.05) is 0 Å². The van der Waals surface area contributed by atoms with E-state index < -0.39 is 20.4 Å². The van der Waals surface area contributed by atoms with Gasteiger partial charge in [-0.2, -0.15) is 0 Å². The maximum Gasteiger partial charge on any atom is 0.188 e. The Labute approximate surface area is 181 Å². The minimum Gasteiger partial charge on any atom is -0.223 e. The summed E-state index contributed by atoms with van der Waals surface area (Å²) in [5, 5.41) is 0.472. The normalized spacial score (nSPS) is 19.4. The second-order valence-corrected chi connectivity index (χ2v) is 10.4. The van der Waals surface area contributed by atoms with Gasteiger partial charge < -0.3 is 0 Å². The van der Waals surface area contributed by atoms with E-state index in [1.165, 1.54) is 24.3 Å². The first-order valence-electron chi connectivity index (χ1n) is 9.85. The maximum atomic E-state index is 14.2. The highest BCUT2D eigenvalue weighted by Crippen LogP contribution is 2.49. The number of benzene rings is 3. The van der Waals surface area contributed by atoms with Crippen LogP contribution in [-0.4, -0.2) is 8.42 Å². The van der Waals surface area contributed by atoms with Gasteiger partial charge in [0.05, 0.1) is 4.90 Å². The molecule has 3 aromatic carbocycles. The summed E-state index contributed by atoms with van der Waals surface area (Å²) in [6, 6.07) is 20.6. The van der Waals surface area contributed by atoms with Crippen molar-refractivity contribution in [1.29, 1.82) is 0 Å². The van der Waals surface area contributed by atoms with Crippen LogP contribution in [0.2, 0.25) is 5.02 Å². The maximum absolute atomic E-state index is 14.2. The average molecular weight is 441 g/mol. The van der Waals surface area contributed by atoms with Crippen LogP contribution >= 0.6 is 11.6 Å². The van der Waals surface area contributed by atoms with Crippen LogP contribution in [0, 0.1) is 12.7 Å². The molecule has 0 unspecified atom stereocenters. The first kappa shape index (κ1) is 20.8. The SMILES string of the molecule is Cc1ccc(F)cc1[C@@]1(S(=O)(=O)c2ccc(Cl)cc2)CC=C(c2ccccc2)CC1. The van der Waals surface area contributed by atoms with E-state index >= 15 is 0 Å². The summed E-state index contributed by atoms with van der Waals surface area (Å²) in [6.07, 6.45) is 3.25. The van der Waals surface area contributed by atoms with Crippen molar-refractivity contribution in [3.63, 3.8) is 0 Å². The Morgan fingerprint density at radius 2 is 1.67 bits per heavy atom. The zero-order valence-corrected chi connectivity index (χ0v) is 18.2. The van der Waals surface area contributed by atoms with E-state index in [2.05, 4.69) is 0 Å². The Kier molecular flexibility index (Phi) is 5.56. The minimum absolute atomic E-state index is 0.201. The third-order valence-electron chi connectivity index (χ3n) is 5.95. The van der Waals surface area contributed by atoms with E-state index in [-0.39, 0.29) is 11.3 Å². The molecule has 4 rings (SSSR count). The molecular weight excluding hydrogens is 419 g/mol. The molecule has 1 aliphatic carbocycles. The van der Waals surface area contributed by atoms with Gasteiger partial charge in [0.25, 0.3) is 0 Å². The number of allylic oxidation sites excluding steroid dienone is 2. The fraction of sp³-hybridized carbons (Fsp3) is 0.200. The molecular formula is C25H22ClFO2S. The molecule has 1 aliphatic rings. The molecule has 0 aliphatic heterocycles. The largest absolute Gasteiger partial charge is 0.223 e. The fourth-order valence-corrected chi connectivity index (χ4v) is 6.56. The Bertz CT molecular complexity index is 1200. The van der Waals surface area contributed by atoms with Crippen LogP contribution in [0.25, 0.3) is 5.57 Å². The Balaban J connectivity index is 1.88. The quantitative estimate of drug-likeness (QED) is 0.451. The molecule has 3 aromatic rings. The number of hydrogen-bond acceptors (Lipinski definition) is 2. The second kappa shape index (κ2) is 8.01. The summed E-state index contributed by atoms with van der Waals surface area (Å²) in [5.74, 6) is -0.431. The number of rotatable bonds is 4. The van der Waals surface area contributed by atoms with Gasteiger partial charge in [-0.05, 0) is 84.8 Å². The summed E-state index contributed by atoms with van der Waals surface area (Å²) >= 11 is 5.98. The van der Waals surface area contributed by atoms with Gasteiger partial charge in [0.2, 0.25) is 0 Å². The van der Waals surface area contributed by atoms with E-state index in [4.69, 9.17) is 11.6 Å². The van der Waals surface area contributed by atoms with Crippen molar-refractivity contribution in [2.24, 2.45) is 0 Å². The van der Waals surface area contributed by atoms with E-state index in [0.717, 1.165) is 16.7 Å². The number of sulfone groups is 1. The molecule has 0 amide bonds. The summed E-state index contributed by atoms with van der Waals surface area (Å²) in [7, 11) is -3.81. The van der Waals surface area contributed by atoms with Crippen LogP contribution < -0.4 is 0 Å². The topological polar surface area (TPSA) is 34.1 Å². The lowest BCUT2D eigenvalue weighted by atomic mass is 9.80. The standard InChI is InChI=1S/C25H22ClFO2S/c1-18-7-10-22(27)17-24(18)25(30(28,29)23-11-8-21(26)9-12-23)15-13-20(14-16-25)19-5-3-2-4-6-19/h2-13,17H,14-16H2,1H3/t25-/m1/s1. The zero-order chi connectivity index (χ0) is 21.4. The van der Waals surface area contributed by atoms with Gasteiger partial charge >= 0.3 is 0 Å². The van der Waals surface area contributed by atoms with Crippen molar-refractivity contribution in [3.8, 4) is 0 Å². The highest BCUT2D eigenvalue weighted by Gasteiger charge is 2.47. The predicted molar refractivity (Wildman–Crippen MR) is 120 cm³/mol. The molecule has 0 aromatic heterocycles. The lowest BCUT2D eigenvalue weighted by Crippen LogP contribution is -2.38. The summed E-state index contributed by atoms with van der Waals surface area (Å²) < 4.78 is 40.9. The summed E-state index contributed by atoms with van der Waals surface area (Å²) in [4.78, 5) is 0.201. The van der Waals surface area contributed by atoms with Crippen LogP contribution in [0.1, 0.15) is 36.0 Å². The van der Waals surface area contributed by atoms with Crippen molar-refractivity contribution < 1.29 is 12.8 Å². The van der Waals surface area contributed by atoms with E-state index in [1.54, 1.807) is 18.2 Å². The summed E-state index contributed by atoms with van der Waals surface area (Å²) in [6.45, 7) is 1.84. The molecule has 0 saturated carbocycles. The van der Waals surface area contributed by atoms with Gasteiger partial charge in [0, 0.05) is 5.02 Å². The third-order valence-corrected chi connectivity index (χ3v) is 8.71. The molecule has 30 heavy (non-hydrogen) atoms.